The number of nitrogens with one attached hydrogen (secondary N) is 1. The van der Waals surface area contributed by atoms with Crippen LogP contribution in [0.5, 0.6) is 0 Å². The monoisotopic (exact) mass is 337 g/mol. The molecule has 0 aromatic carbocycles. The molecule has 2 heterocycles. The molecule has 6 nitrogen and oxygen atoms in total. The Kier molecular flexibility index (Phi) is 6.83. The van der Waals surface area contributed by atoms with Crippen molar-refractivity contribution in [1.29, 1.82) is 0 Å². The number of ether oxygens (including phenoxy) is 1. The molecule has 136 valence electrons. The van der Waals surface area contributed by atoms with Crippen molar-refractivity contribution in [2.45, 2.75) is 51.4 Å². The average molecular weight is 337 g/mol. The minimum absolute atomic E-state index is 0.0727. The van der Waals surface area contributed by atoms with E-state index < -0.39 is 6.10 Å². The van der Waals surface area contributed by atoms with E-state index in [2.05, 4.69) is 10.2 Å². The summed E-state index contributed by atoms with van der Waals surface area (Å²) in [6.07, 6.45) is 2.98. The molecule has 6 heteroatoms. The summed E-state index contributed by atoms with van der Waals surface area (Å²) in [6, 6.07) is 4.14. The molecule has 0 saturated carbocycles. The number of nitrogens with zero attached hydrogens (tertiary/aromatic N) is 2. The molecule has 2 N–H and O–H groups in total. The lowest BCUT2D eigenvalue weighted by Crippen LogP contribution is -2.41. The lowest BCUT2D eigenvalue weighted by Gasteiger charge is -2.37. The molecule has 1 aromatic heterocycles. The molecule has 1 aliphatic heterocycles. The van der Waals surface area contributed by atoms with E-state index in [-0.39, 0.29) is 18.1 Å². The second-order valence-electron chi connectivity index (χ2n) is 6.82. The van der Waals surface area contributed by atoms with Crippen LogP contribution >= 0.6 is 0 Å². The minimum Gasteiger partial charge on any atom is -0.389 e. The van der Waals surface area contributed by atoms with Crippen molar-refractivity contribution in [3.05, 3.63) is 23.5 Å². The van der Waals surface area contributed by atoms with Gasteiger partial charge >= 0.3 is 0 Å². The summed E-state index contributed by atoms with van der Waals surface area (Å²) in [7, 11) is 3.58. The highest BCUT2D eigenvalue weighted by atomic mass is 16.5. The summed E-state index contributed by atoms with van der Waals surface area (Å²) in [5.41, 5.74) is 1.80. The highest BCUT2D eigenvalue weighted by Gasteiger charge is 2.28. The Hall–Kier alpha value is -1.37. The second-order valence-corrected chi connectivity index (χ2v) is 6.82. The molecule has 1 amide bonds. The average Bonchev–Trinajstić information content (AvgIpc) is 2.94. The molecule has 0 unspecified atom stereocenters. The van der Waals surface area contributed by atoms with E-state index in [1.165, 1.54) is 6.42 Å². The van der Waals surface area contributed by atoms with Crippen molar-refractivity contribution in [1.82, 2.24) is 14.8 Å². The molecular weight excluding hydrogens is 306 g/mol. The number of rotatable bonds is 7. The first-order valence-electron chi connectivity index (χ1n) is 8.85. The van der Waals surface area contributed by atoms with Gasteiger partial charge in [-0.3, -0.25) is 9.69 Å². The highest BCUT2D eigenvalue weighted by Crippen LogP contribution is 2.31. The maximum atomic E-state index is 11.9. The first kappa shape index (κ1) is 19.0. The zero-order chi connectivity index (χ0) is 17.7. The molecule has 0 bridgehead atoms. The van der Waals surface area contributed by atoms with Crippen molar-refractivity contribution >= 4 is 5.91 Å². The number of hydrogen-bond donors (Lipinski definition) is 2. The third kappa shape index (κ3) is 4.59. The van der Waals surface area contributed by atoms with E-state index in [0.29, 0.717) is 18.8 Å². The lowest BCUT2D eigenvalue weighted by atomic mass is 9.99. The van der Waals surface area contributed by atoms with Crippen molar-refractivity contribution in [2.75, 3.05) is 26.7 Å². The number of amides is 1. The van der Waals surface area contributed by atoms with Crippen LogP contribution in [0.25, 0.3) is 0 Å². The molecule has 24 heavy (non-hydrogen) atoms. The predicted molar refractivity (Wildman–Crippen MR) is 94.1 cm³/mol. The van der Waals surface area contributed by atoms with Gasteiger partial charge in [-0.05, 0) is 45.4 Å². The first-order valence-corrected chi connectivity index (χ1v) is 8.85. The molecule has 2 rings (SSSR count). The Morgan fingerprint density at radius 1 is 1.42 bits per heavy atom. The normalized spacial score (nSPS) is 20.3. The number of likely N-dealkylation sites (tertiary alicyclic amines) is 1. The van der Waals surface area contributed by atoms with E-state index in [4.69, 9.17) is 4.74 Å². The topological polar surface area (TPSA) is 66.7 Å². The first-order chi connectivity index (χ1) is 11.4. The molecule has 0 radical (unpaired) electrons. The number of aromatic nitrogens is 1. The summed E-state index contributed by atoms with van der Waals surface area (Å²) in [5, 5.41) is 13.0. The Morgan fingerprint density at radius 2 is 2.17 bits per heavy atom. The van der Waals surface area contributed by atoms with Gasteiger partial charge < -0.3 is 19.7 Å². The third-order valence-corrected chi connectivity index (χ3v) is 4.64. The zero-order valence-electron chi connectivity index (χ0n) is 15.3. The van der Waals surface area contributed by atoms with Gasteiger partial charge in [0.2, 0.25) is 0 Å². The van der Waals surface area contributed by atoms with Crippen LogP contribution < -0.4 is 5.32 Å². The van der Waals surface area contributed by atoms with Crippen LogP contribution in [0.2, 0.25) is 0 Å². The standard InChI is InChI=1S/C18H31N3O3/c1-13(2)24-12-14(22)11-21-10-6-5-7-16(21)15-8-9-17(20(15)4)18(23)19-3/h8-9,13-14,16,22H,5-7,10-12H2,1-4H3,(H,19,23)/t14-,16+/m0/s1. The van der Waals surface area contributed by atoms with Crippen molar-refractivity contribution in [2.24, 2.45) is 7.05 Å². The summed E-state index contributed by atoms with van der Waals surface area (Å²) >= 11 is 0. The number of carbonyl (C=O) groups excluding carboxylic acids is 1. The number of piperidine rings is 1. The fraction of sp³-hybridized carbons (Fsp3) is 0.722. The van der Waals surface area contributed by atoms with Crippen LogP contribution in [0.1, 0.15) is 55.3 Å². The van der Waals surface area contributed by atoms with Crippen LogP contribution in [-0.2, 0) is 11.8 Å². The highest BCUT2D eigenvalue weighted by molar-refractivity contribution is 5.92. The molecule has 0 spiro atoms. The van der Waals surface area contributed by atoms with Gasteiger partial charge in [0.15, 0.2) is 0 Å². The number of aliphatic hydroxyl groups is 1. The number of carbonyl (C=O) groups is 1. The van der Waals surface area contributed by atoms with E-state index in [9.17, 15) is 9.90 Å². The Balaban J connectivity index is 2.09. The third-order valence-electron chi connectivity index (χ3n) is 4.64. The number of hydrogen-bond acceptors (Lipinski definition) is 4. The Bertz CT molecular complexity index is 542. The van der Waals surface area contributed by atoms with Gasteiger partial charge in [0.1, 0.15) is 5.69 Å². The minimum atomic E-state index is -0.494. The second kappa shape index (κ2) is 8.65. The molecule has 1 aliphatic rings. The van der Waals surface area contributed by atoms with E-state index in [1.807, 2.05) is 37.6 Å². The predicted octanol–water partition coefficient (Wildman–Crippen LogP) is 1.70. The van der Waals surface area contributed by atoms with Crippen LogP contribution in [-0.4, -0.2) is 59.4 Å². The van der Waals surface area contributed by atoms with Gasteiger partial charge in [0, 0.05) is 26.3 Å². The van der Waals surface area contributed by atoms with Crippen LogP contribution in [0.4, 0.5) is 0 Å². The fourth-order valence-electron chi connectivity index (χ4n) is 3.39. The summed E-state index contributed by atoms with van der Waals surface area (Å²) in [5.74, 6) is -0.0727. The van der Waals surface area contributed by atoms with Gasteiger partial charge in [-0.1, -0.05) is 6.42 Å². The van der Waals surface area contributed by atoms with Gasteiger partial charge in [0.05, 0.1) is 24.9 Å². The SMILES string of the molecule is CNC(=O)c1ccc([C@H]2CCCCN2C[C@H](O)COC(C)C)n1C. The maximum Gasteiger partial charge on any atom is 0.267 e. The lowest BCUT2D eigenvalue weighted by molar-refractivity contribution is -0.0193. The largest absolute Gasteiger partial charge is 0.389 e. The molecule has 1 aromatic rings. The zero-order valence-corrected chi connectivity index (χ0v) is 15.3. The van der Waals surface area contributed by atoms with E-state index in [0.717, 1.165) is 25.1 Å². The van der Waals surface area contributed by atoms with E-state index in [1.54, 1.807) is 7.05 Å². The van der Waals surface area contributed by atoms with Gasteiger partial charge in [-0.15, -0.1) is 0 Å². The molecule has 1 fully saturated rings. The van der Waals surface area contributed by atoms with Gasteiger partial charge in [-0.2, -0.15) is 0 Å². The van der Waals surface area contributed by atoms with Crippen LogP contribution in [0.3, 0.4) is 0 Å². The molecular formula is C18H31N3O3. The van der Waals surface area contributed by atoms with Crippen LogP contribution in [0.15, 0.2) is 12.1 Å². The fourth-order valence-corrected chi connectivity index (χ4v) is 3.39. The van der Waals surface area contributed by atoms with Crippen molar-refractivity contribution in [3.8, 4) is 0 Å². The van der Waals surface area contributed by atoms with Crippen molar-refractivity contribution in [3.63, 3.8) is 0 Å². The summed E-state index contributed by atoms with van der Waals surface area (Å²) in [4.78, 5) is 14.3. The number of β-amino-alcohol motifs (C(OH)–C–C–N with tert-alkyl or cyclic N) is 1. The maximum absolute atomic E-state index is 11.9. The summed E-state index contributed by atoms with van der Waals surface area (Å²) in [6.45, 7) is 5.86. The Morgan fingerprint density at radius 3 is 2.83 bits per heavy atom. The van der Waals surface area contributed by atoms with Gasteiger partial charge in [-0.25, -0.2) is 0 Å². The Labute approximate surface area is 144 Å². The van der Waals surface area contributed by atoms with Crippen molar-refractivity contribution < 1.29 is 14.6 Å². The molecule has 0 aliphatic carbocycles. The molecule has 2 atom stereocenters. The van der Waals surface area contributed by atoms with Crippen LogP contribution in [0, 0.1) is 0 Å². The summed E-state index contributed by atoms with van der Waals surface area (Å²) < 4.78 is 7.50. The van der Waals surface area contributed by atoms with Gasteiger partial charge in [0.25, 0.3) is 5.91 Å². The number of aliphatic hydroxyl groups excluding tert-OH is 1. The molecule has 1 saturated heterocycles. The smallest absolute Gasteiger partial charge is 0.267 e. The van der Waals surface area contributed by atoms with E-state index >= 15 is 0 Å². The quantitative estimate of drug-likeness (QED) is 0.795.